The second kappa shape index (κ2) is 4.75. The van der Waals surface area contributed by atoms with Gasteiger partial charge in [-0.15, -0.1) is 0 Å². The molecule has 1 aliphatic heterocycles. The number of carboxylic acids is 1. The molecule has 0 radical (unpaired) electrons. The minimum atomic E-state index is -0.897. The molecule has 17 heavy (non-hydrogen) atoms. The molecule has 0 bridgehead atoms. The lowest BCUT2D eigenvalue weighted by atomic mass is 10.0. The Morgan fingerprint density at radius 1 is 1.35 bits per heavy atom. The van der Waals surface area contributed by atoms with Gasteiger partial charge in [-0.25, -0.2) is 4.79 Å². The second-order valence-electron chi connectivity index (χ2n) is 4.54. The Labute approximate surface area is 100 Å². The van der Waals surface area contributed by atoms with Gasteiger partial charge >= 0.3 is 5.97 Å². The molecular weight excluding hydrogens is 218 g/mol. The average Bonchev–Trinajstić information content (AvgIpc) is 2.29. The van der Waals surface area contributed by atoms with Crippen molar-refractivity contribution in [2.75, 3.05) is 18.0 Å². The van der Waals surface area contributed by atoms with Gasteiger partial charge in [-0.1, -0.05) is 6.07 Å². The van der Waals surface area contributed by atoms with Crippen molar-refractivity contribution in [2.45, 2.75) is 25.9 Å². The van der Waals surface area contributed by atoms with Crippen LogP contribution in [-0.4, -0.2) is 35.4 Å². The van der Waals surface area contributed by atoms with Gasteiger partial charge in [0.25, 0.3) is 0 Å². The van der Waals surface area contributed by atoms with Gasteiger partial charge in [-0.05, 0) is 37.5 Å². The van der Waals surface area contributed by atoms with E-state index in [0.29, 0.717) is 31.5 Å². The number of aryl methyl sites for hydroxylation is 1. The van der Waals surface area contributed by atoms with Crippen LogP contribution >= 0.6 is 0 Å². The van der Waals surface area contributed by atoms with E-state index in [2.05, 4.69) is 0 Å². The Balaban J connectivity index is 2.30. The van der Waals surface area contributed by atoms with E-state index in [1.807, 2.05) is 24.0 Å². The Kier molecular flexibility index (Phi) is 3.33. The zero-order valence-electron chi connectivity index (χ0n) is 9.89. The fraction of sp³-hybridized carbons (Fsp3) is 0.462. The third-order valence-electron chi connectivity index (χ3n) is 3.19. The van der Waals surface area contributed by atoms with E-state index in [9.17, 15) is 9.90 Å². The van der Waals surface area contributed by atoms with Crippen molar-refractivity contribution in [1.29, 1.82) is 0 Å². The molecule has 0 aliphatic carbocycles. The number of aliphatic hydroxyl groups is 1. The molecule has 0 atom stereocenters. The fourth-order valence-corrected chi connectivity index (χ4v) is 2.19. The lowest BCUT2D eigenvalue weighted by Gasteiger charge is -2.32. The number of hydrogen-bond donors (Lipinski definition) is 2. The number of anilines is 1. The summed E-state index contributed by atoms with van der Waals surface area (Å²) in [5.41, 5.74) is 2.16. The number of aromatic carboxylic acids is 1. The van der Waals surface area contributed by atoms with Crippen LogP contribution in [0.2, 0.25) is 0 Å². The van der Waals surface area contributed by atoms with Crippen LogP contribution in [-0.2, 0) is 0 Å². The van der Waals surface area contributed by atoms with Gasteiger partial charge in [0.2, 0.25) is 0 Å². The number of benzene rings is 1. The van der Waals surface area contributed by atoms with Crippen LogP contribution in [0.3, 0.4) is 0 Å². The summed E-state index contributed by atoms with van der Waals surface area (Å²) in [4.78, 5) is 13.2. The number of rotatable bonds is 2. The molecule has 1 aromatic rings. The van der Waals surface area contributed by atoms with Crippen LogP contribution < -0.4 is 4.90 Å². The first-order valence-electron chi connectivity index (χ1n) is 5.85. The van der Waals surface area contributed by atoms with Crippen LogP contribution in [0.4, 0.5) is 5.69 Å². The zero-order chi connectivity index (χ0) is 12.4. The molecule has 1 aliphatic rings. The minimum Gasteiger partial charge on any atom is -0.478 e. The van der Waals surface area contributed by atoms with Crippen molar-refractivity contribution in [3.05, 3.63) is 29.3 Å². The lowest BCUT2D eigenvalue weighted by molar-refractivity contribution is 0.0697. The SMILES string of the molecule is Cc1ccc(C(=O)O)c(N2CCC(O)CC2)c1. The highest BCUT2D eigenvalue weighted by Crippen LogP contribution is 2.25. The van der Waals surface area contributed by atoms with Crippen LogP contribution in [0, 0.1) is 6.92 Å². The van der Waals surface area contributed by atoms with Crippen LogP contribution in [0.25, 0.3) is 0 Å². The third kappa shape index (κ3) is 2.58. The summed E-state index contributed by atoms with van der Waals surface area (Å²) in [6.07, 6.45) is 1.16. The van der Waals surface area contributed by atoms with Gasteiger partial charge < -0.3 is 15.1 Å². The van der Waals surface area contributed by atoms with Gasteiger partial charge in [-0.2, -0.15) is 0 Å². The van der Waals surface area contributed by atoms with Crippen molar-refractivity contribution in [3.63, 3.8) is 0 Å². The molecule has 0 amide bonds. The summed E-state index contributed by atoms with van der Waals surface area (Å²) in [5, 5.41) is 18.6. The Morgan fingerprint density at radius 3 is 2.59 bits per heavy atom. The van der Waals surface area contributed by atoms with Gasteiger partial charge in [0.05, 0.1) is 17.4 Å². The molecule has 0 aromatic heterocycles. The van der Waals surface area contributed by atoms with Crippen molar-refractivity contribution in [3.8, 4) is 0 Å². The first-order chi connectivity index (χ1) is 8.08. The zero-order valence-corrected chi connectivity index (χ0v) is 9.89. The molecule has 2 N–H and O–H groups in total. The number of hydrogen-bond acceptors (Lipinski definition) is 3. The number of carbonyl (C=O) groups is 1. The van der Waals surface area contributed by atoms with Crippen LogP contribution in [0.5, 0.6) is 0 Å². The maximum atomic E-state index is 11.2. The summed E-state index contributed by atoms with van der Waals surface area (Å²) >= 11 is 0. The summed E-state index contributed by atoms with van der Waals surface area (Å²) < 4.78 is 0. The molecule has 1 saturated heterocycles. The molecule has 92 valence electrons. The fourth-order valence-electron chi connectivity index (χ4n) is 2.19. The molecule has 1 fully saturated rings. The second-order valence-corrected chi connectivity index (χ2v) is 4.54. The summed E-state index contributed by atoms with van der Waals surface area (Å²) in [7, 11) is 0. The first-order valence-corrected chi connectivity index (χ1v) is 5.85. The minimum absolute atomic E-state index is 0.246. The predicted octanol–water partition coefficient (Wildman–Crippen LogP) is 1.65. The van der Waals surface area contributed by atoms with Gasteiger partial charge in [0.15, 0.2) is 0 Å². The molecule has 4 nitrogen and oxygen atoms in total. The monoisotopic (exact) mass is 235 g/mol. The molecule has 1 aromatic carbocycles. The van der Waals surface area contributed by atoms with E-state index in [1.165, 1.54) is 0 Å². The van der Waals surface area contributed by atoms with Crippen molar-refractivity contribution >= 4 is 11.7 Å². The predicted molar refractivity (Wildman–Crippen MR) is 65.6 cm³/mol. The molecule has 4 heteroatoms. The van der Waals surface area contributed by atoms with Gasteiger partial charge in [0, 0.05) is 13.1 Å². The van der Waals surface area contributed by atoms with E-state index in [1.54, 1.807) is 6.07 Å². The Hall–Kier alpha value is -1.55. The maximum Gasteiger partial charge on any atom is 0.337 e. The molecule has 1 heterocycles. The third-order valence-corrected chi connectivity index (χ3v) is 3.19. The number of aliphatic hydroxyl groups excluding tert-OH is 1. The van der Waals surface area contributed by atoms with Crippen molar-refractivity contribution in [2.24, 2.45) is 0 Å². The largest absolute Gasteiger partial charge is 0.478 e. The first kappa shape index (κ1) is 11.9. The Morgan fingerprint density at radius 2 is 2.00 bits per heavy atom. The van der Waals surface area contributed by atoms with E-state index in [4.69, 9.17) is 5.11 Å². The number of piperidine rings is 1. The number of nitrogens with zero attached hydrogens (tertiary/aromatic N) is 1. The van der Waals surface area contributed by atoms with Gasteiger partial charge in [0.1, 0.15) is 0 Å². The van der Waals surface area contributed by atoms with Crippen molar-refractivity contribution < 1.29 is 15.0 Å². The quantitative estimate of drug-likeness (QED) is 0.818. The summed E-state index contributed by atoms with van der Waals surface area (Å²) in [5.74, 6) is -0.897. The van der Waals surface area contributed by atoms with E-state index in [-0.39, 0.29) is 6.10 Å². The molecule has 0 saturated carbocycles. The normalized spacial score (nSPS) is 17.2. The van der Waals surface area contributed by atoms with E-state index in [0.717, 1.165) is 11.3 Å². The highest BCUT2D eigenvalue weighted by molar-refractivity contribution is 5.94. The van der Waals surface area contributed by atoms with Crippen molar-refractivity contribution in [1.82, 2.24) is 0 Å². The molecule has 0 unspecified atom stereocenters. The highest BCUT2D eigenvalue weighted by Gasteiger charge is 2.21. The maximum absolute atomic E-state index is 11.2. The van der Waals surface area contributed by atoms with Crippen LogP contribution in [0.15, 0.2) is 18.2 Å². The highest BCUT2D eigenvalue weighted by atomic mass is 16.4. The summed E-state index contributed by atoms with van der Waals surface area (Å²) in [6.45, 7) is 3.38. The molecule has 0 spiro atoms. The smallest absolute Gasteiger partial charge is 0.337 e. The molecule has 2 rings (SSSR count). The topological polar surface area (TPSA) is 60.8 Å². The average molecular weight is 235 g/mol. The molecular formula is C13H17NO3. The van der Waals surface area contributed by atoms with E-state index < -0.39 is 5.97 Å². The van der Waals surface area contributed by atoms with E-state index >= 15 is 0 Å². The lowest BCUT2D eigenvalue weighted by Crippen LogP contribution is -2.36. The standard InChI is InChI=1S/C13H17NO3/c1-9-2-3-11(13(16)17)12(8-9)14-6-4-10(15)5-7-14/h2-3,8,10,15H,4-7H2,1H3,(H,16,17). The van der Waals surface area contributed by atoms with Crippen LogP contribution in [0.1, 0.15) is 28.8 Å². The van der Waals surface area contributed by atoms with Gasteiger partial charge in [-0.3, -0.25) is 0 Å². The Bertz CT molecular complexity index is 423. The number of carboxylic acid groups (broad SMARTS) is 1. The summed E-state index contributed by atoms with van der Waals surface area (Å²) in [6, 6.07) is 5.37.